The Morgan fingerprint density at radius 1 is 0.589 bits per heavy atom. The van der Waals surface area contributed by atoms with Gasteiger partial charge in [-0.2, -0.15) is 0 Å². The van der Waals surface area contributed by atoms with Crippen molar-refractivity contribution in [2.24, 2.45) is 10.9 Å². The summed E-state index contributed by atoms with van der Waals surface area (Å²) in [7, 11) is 0. The molecule has 1 aliphatic carbocycles. The molecule has 266 valence electrons. The summed E-state index contributed by atoms with van der Waals surface area (Å²) in [6, 6.07) is 59.4. The minimum absolute atomic E-state index is 0.210. The molecule has 1 N–H and O–H groups in total. The van der Waals surface area contributed by atoms with E-state index in [2.05, 4.69) is 204 Å². The number of aromatic nitrogens is 1. The number of benzene rings is 7. The number of aliphatic imine (C=N–C) groups is 1. The molecule has 4 heteroatoms. The van der Waals surface area contributed by atoms with Crippen molar-refractivity contribution in [3.8, 4) is 27.9 Å². The Balaban J connectivity index is 1.06. The molecule has 2 atom stereocenters. The molecule has 1 aliphatic heterocycles. The highest BCUT2D eigenvalue weighted by molar-refractivity contribution is 7.26. The van der Waals surface area contributed by atoms with Gasteiger partial charge < -0.3 is 9.88 Å². The summed E-state index contributed by atoms with van der Waals surface area (Å²) < 4.78 is 4.93. The predicted molar refractivity (Wildman–Crippen MR) is 238 cm³/mol. The molecule has 11 rings (SSSR count). The highest BCUT2D eigenvalue weighted by atomic mass is 32.1. The second-order valence-corrected chi connectivity index (χ2v) is 15.7. The van der Waals surface area contributed by atoms with E-state index in [1.807, 2.05) is 11.3 Å². The van der Waals surface area contributed by atoms with Crippen molar-refractivity contribution in [3.05, 3.63) is 211 Å². The van der Waals surface area contributed by atoms with Crippen LogP contribution in [0.4, 0.5) is 0 Å². The molecule has 0 spiro atoms. The third kappa shape index (κ3) is 5.53. The molecule has 2 unspecified atom stereocenters. The number of para-hydroxylation sites is 2. The van der Waals surface area contributed by atoms with E-state index >= 15 is 0 Å². The Bertz CT molecular complexity index is 3090. The fourth-order valence-corrected chi connectivity index (χ4v) is 9.94. The van der Waals surface area contributed by atoms with E-state index in [4.69, 9.17) is 4.99 Å². The van der Waals surface area contributed by atoms with E-state index in [1.54, 1.807) is 0 Å². The Morgan fingerprint density at radius 2 is 1.34 bits per heavy atom. The summed E-state index contributed by atoms with van der Waals surface area (Å²) in [5, 5.41) is 8.94. The number of nitrogens with one attached hydrogen (secondary N) is 1. The third-order valence-electron chi connectivity index (χ3n) is 11.3. The highest BCUT2D eigenvalue weighted by Crippen LogP contribution is 2.44. The van der Waals surface area contributed by atoms with E-state index in [1.165, 1.54) is 81.2 Å². The van der Waals surface area contributed by atoms with Crippen LogP contribution < -0.4 is 5.32 Å². The summed E-state index contributed by atoms with van der Waals surface area (Å²) in [4.78, 5) is 5.48. The van der Waals surface area contributed by atoms with Crippen LogP contribution in [0.25, 0.3) is 69.9 Å². The number of rotatable bonds is 6. The summed E-state index contributed by atoms with van der Waals surface area (Å²) in [6.45, 7) is 0. The van der Waals surface area contributed by atoms with Crippen LogP contribution in [0.1, 0.15) is 23.7 Å². The molecule has 0 saturated carbocycles. The van der Waals surface area contributed by atoms with Crippen LogP contribution in [0.2, 0.25) is 0 Å². The maximum atomic E-state index is 5.48. The number of fused-ring (bicyclic) bond motifs is 6. The molecule has 0 amide bonds. The summed E-state index contributed by atoms with van der Waals surface area (Å²) in [5.74, 6) is 0.265. The van der Waals surface area contributed by atoms with Gasteiger partial charge in [-0.1, -0.05) is 146 Å². The molecular formula is C52H37N3S. The van der Waals surface area contributed by atoms with Crippen molar-refractivity contribution in [2.75, 3.05) is 0 Å². The molecule has 0 bridgehead atoms. The molecule has 7 aromatic carbocycles. The lowest BCUT2D eigenvalue weighted by atomic mass is 9.92. The topological polar surface area (TPSA) is 29.3 Å². The largest absolute Gasteiger partial charge is 0.363 e. The number of nitrogens with zero attached hydrogens (tertiary/aromatic N) is 2. The number of thiophene rings is 1. The monoisotopic (exact) mass is 735 g/mol. The van der Waals surface area contributed by atoms with Crippen LogP contribution in [-0.2, 0) is 0 Å². The molecule has 9 aromatic rings. The normalized spacial score (nSPS) is 16.7. The lowest BCUT2D eigenvalue weighted by Crippen LogP contribution is -2.29. The lowest BCUT2D eigenvalue weighted by Gasteiger charge is -2.29. The van der Waals surface area contributed by atoms with Gasteiger partial charge in [-0.15, -0.1) is 11.3 Å². The van der Waals surface area contributed by atoms with Gasteiger partial charge in [0.05, 0.1) is 16.7 Å². The van der Waals surface area contributed by atoms with Gasteiger partial charge in [-0.05, 0) is 82.8 Å². The van der Waals surface area contributed by atoms with Crippen molar-refractivity contribution in [2.45, 2.75) is 12.6 Å². The molecule has 0 fully saturated rings. The molecule has 3 nitrogen and oxygen atoms in total. The first kappa shape index (κ1) is 32.7. The van der Waals surface area contributed by atoms with E-state index < -0.39 is 0 Å². The van der Waals surface area contributed by atoms with Gasteiger partial charge in [-0.25, -0.2) is 0 Å². The van der Waals surface area contributed by atoms with E-state index in [-0.39, 0.29) is 12.1 Å². The molecule has 0 radical (unpaired) electrons. The van der Waals surface area contributed by atoms with Crippen LogP contribution in [0.15, 0.2) is 205 Å². The second kappa shape index (κ2) is 13.5. The zero-order valence-electron chi connectivity index (χ0n) is 30.6. The Kier molecular flexibility index (Phi) is 7.89. The first-order valence-electron chi connectivity index (χ1n) is 19.4. The van der Waals surface area contributed by atoms with E-state index in [0.717, 1.165) is 17.7 Å². The highest BCUT2D eigenvalue weighted by Gasteiger charge is 2.25. The van der Waals surface area contributed by atoms with Gasteiger partial charge in [0, 0.05) is 53.8 Å². The average Bonchev–Trinajstić information content (AvgIpc) is 3.83. The minimum atomic E-state index is -0.210. The second-order valence-electron chi connectivity index (χ2n) is 14.7. The zero-order valence-corrected chi connectivity index (χ0v) is 31.5. The van der Waals surface area contributed by atoms with Crippen LogP contribution >= 0.6 is 11.3 Å². The third-order valence-corrected chi connectivity index (χ3v) is 12.6. The summed E-state index contributed by atoms with van der Waals surface area (Å²) >= 11 is 1.87. The predicted octanol–water partition coefficient (Wildman–Crippen LogP) is 13.6. The zero-order chi connectivity index (χ0) is 37.0. The van der Waals surface area contributed by atoms with Gasteiger partial charge in [-0.3, -0.25) is 4.99 Å². The molecular weight excluding hydrogens is 699 g/mol. The molecule has 2 aromatic heterocycles. The minimum Gasteiger partial charge on any atom is -0.363 e. The first-order chi connectivity index (χ1) is 27.8. The van der Waals surface area contributed by atoms with Crippen LogP contribution in [0.5, 0.6) is 0 Å². The van der Waals surface area contributed by atoms with Gasteiger partial charge in [0.1, 0.15) is 6.17 Å². The average molecular weight is 736 g/mol. The summed E-state index contributed by atoms with van der Waals surface area (Å²) in [5.41, 5.74) is 13.0. The van der Waals surface area contributed by atoms with Gasteiger partial charge in [0.2, 0.25) is 0 Å². The Hall–Kier alpha value is -6.75. The molecule has 3 heterocycles. The fraction of sp³-hybridized carbons (Fsp3) is 0.0577. The van der Waals surface area contributed by atoms with Crippen LogP contribution in [0.3, 0.4) is 0 Å². The maximum Gasteiger partial charge on any atom is 0.145 e. The maximum absolute atomic E-state index is 5.48. The Morgan fingerprint density at radius 3 is 2.21 bits per heavy atom. The smallest absolute Gasteiger partial charge is 0.145 e. The number of hydrogen-bond donors (Lipinski definition) is 1. The van der Waals surface area contributed by atoms with Crippen molar-refractivity contribution < 1.29 is 0 Å². The van der Waals surface area contributed by atoms with Crippen molar-refractivity contribution in [1.82, 2.24) is 9.88 Å². The number of hydrogen-bond acceptors (Lipinski definition) is 3. The number of allylic oxidation sites excluding steroid dienone is 5. The Labute approximate surface area is 329 Å². The fourth-order valence-electron chi connectivity index (χ4n) is 8.69. The first-order valence-corrected chi connectivity index (χ1v) is 20.2. The standard InChI is InChI=1S/C52H37N3S/c1-4-15-34(16-5-1)36-19-12-20-38(31-36)52-53-45(35-17-6-2-7-18-35)33-46(54-52)42-25-13-26-43-50-40(24-14-28-49(50)56-51(42)43)37-29-30-48-44(32-37)41-23-10-11-27-47(41)55(48)39-21-8-3-9-22-39/h1-17,19-33,35,52-53H,18H2. The molecule has 56 heavy (non-hydrogen) atoms. The summed E-state index contributed by atoms with van der Waals surface area (Å²) in [6.07, 6.45) is 11.9. The van der Waals surface area contributed by atoms with Crippen molar-refractivity contribution in [3.63, 3.8) is 0 Å². The van der Waals surface area contributed by atoms with Crippen molar-refractivity contribution in [1.29, 1.82) is 0 Å². The van der Waals surface area contributed by atoms with Gasteiger partial charge in [0.15, 0.2) is 0 Å². The van der Waals surface area contributed by atoms with Gasteiger partial charge in [0.25, 0.3) is 0 Å². The van der Waals surface area contributed by atoms with Crippen molar-refractivity contribution >= 4 is 59.0 Å². The molecule has 0 saturated heterocycles. The molecule has 2 aliphatic rings. The lowest BCUT2D eigenvalue weighted by molar-refractivity contribution is 0.559. The van der Waals surface area contributed by atoms with E-state index in [9.17, 15) is 0 Å². The van der Waals surface area contributed by atoms with Crippen LogP contribution in [0, 0.1) is 5.92 Å². The quantitative estimate of drug-likeness (QED) is 0.181. The van der Waals surface area contributed by atoms with Crippen LogP contribution in [-0.4, -0.2) is 10.3 Å². The van der Waals surface area contributed by atoms with E-state index in [0.29, 0.717) is 0 Å². The van der Waals surface area contributed by atoms with Gasteiger partial charge >= 0.3 is 0 Å². The SMILES string of the molecule is C1=CCC(C2=CC(c3cccc4c3sc3cccc(-c5ccc6c(c5)c5ccccc5n6-c5ccccc5)c34)=NC(c3cccc(-c4ccccc4)c3)N2)C=C1.